The van der Waals surface area contributed by atoms with Gasteiger partial charge in [0.15, 0.2) is 0 Å². The number of aryl methyl sites for hydroxylation is 1. The maximum atomic E-state index is 13.2. The molecule has 3 aromatic rings. The highest BCUT2D eigenvalue weighted by Crippen LogP contribution is 2.32. The normalized spacial score (nSPS) is 10.8. The highest BCUT2D eigenvalue weighted by atomic mass is 35.5. The predicted molar refractivity (Wildman–Crippen MR) is 82.5 cm³/mol. The van der Waals surface area contributed by atoms with Gasteiger partial charge in [0.25, 0.3) is 0 Å². The van der Waals surface area contributed by atoms with Crippen molar-refractivity contribution in [1.29, 1.82) is 0 Å². The molecule has 0 aliphatic carbocycles. The van der Waals surface area contributed by atoms with Crippen LogP contribution in [-0.2, 0) is 5.88 Å². The maximum Gasteiger partial charge on any atom is 0.138 e. The zero-order valence-corrected chi connectivity index (χ0v) is 12.2. The third-order valence-electron chi connectivity index (χ3n) is 3.23. The first-order chi connectivity index (χ1) is 10.2. The van der Waals surface area contributed by atoms with E-state index in [-0.39, 0.29) is 5.82 Å². The molecule has 4 heteroatoms. The van der Waals surface area contributed by atoms with E-state index < -0.39 is 0 Å². The van der Waals surface area contributed by atoms with E-state index >= 15 is 0 Å². The van der Waals surface area contributed by atoms with Crippen LogP contribution in [0.15, 0.2) is 48.5 Å². The lowest BCUT2D eigenvalue weighted by Crippen LogP contribution is -1.94. The van der Waals surface area contributed by atoms with Crippen LogP contribution in [0, 0.1) is 12.7 Å². The summed E-state index contributed by atoms with van der Waals surface area (Å²) in [5.41, 5.74) is 2.30. The molecule has 0 atom stereocenters. The number of hydrogen-bond donors (Lipinski definition) is 0. The standard InChI is InChI=1S/C17H13ClFNO/c1-11-8-12(19)6-7-16(11)21-17-9-13(10-18)20-15-5-3-2-4-14(15)17/h2-9H,10H2,1H3. The molecule has 0 saturated heterocycles. The molecule has 0 aliphatic rings. The van der Waals surface area contributed by atoms with Crippen molar-refractivity contribution in [1.82, 2.24) is 4.98 Å². The smallest absolute Gasteiger partial charge is 0.138 e. The summed E-state index contributed by atoms with van der Waals surface area (Å²) < 4.78 is 19.1. The van der Waals surface area contributed by atoms with Crippen molar-refractivity contribution < 1.29 is 9.13 Å². The third-order valence-corrected chi connectivity index (χ3v) is 3.50. The first-order valence-corrected chi connectivity index (χ1v) is 7.09. The molecule has 2 aromatic carbocycles. The van der Waals surface area contributed by atoms with Crippen LogP contribution in [0.2, 0.25) is 0 Å². The van der Waals surface area contributed by atoms with Gasteiger partial charge in [0.05, 0.1) is 17.1 Å². The SMILES string of the molecule is Cc1cc(F)ccc1Oc1cc(CCl)nc2ccccc12. The van der Waals surface area contributed by atoms with Crippen molar-refractivity contribution in [2.75, 3.05) is 0 Å². The van der Waals surface area contributed by atoms with Gasteiger partial charge < -0.3 is 4.74 Å². The average molecular weight is 302 g/mol. The largest absolute Gasteiger partial charge is 0.456 e. The van der Waals surface area contributed by atoms with Crippen LogP contribution in [0.25, 0.3) is 10.9 Å². The topological polar surface area (TPSA) is 22.1 Å². The van der Waals surface area contributed by atoms with E-state index in [0.717, 1.165) is 22.2 Å². The Bertz CT molecular complexity index is 804. The van der Waals surface area contributed by atoms with Gasteiger partial charge in [0.2, 0.25) is 0 Å². The lowest BCUT2D eigenvalue weighted by atomic mass is 10.1. The molecule has 3 rings (SSSR count). The van der Waals surface area contributed by atoms with Crippen LogP contribution >= 0.6 is 11.6 Å². The van der Waals surface area contributed by atoms with E-state index in [4.69, 9.17) is 16.3 Å². The van der Waals surface area contributed by atoms with Gasteiger partial charge in [0, 0.05) is 11.5 Å². The van der Waals surface area contributed by atoms with Crippen LogP contribution in [0.4, 0.5) is 4.39 Å². The van der Waals surface area contributed by atoms with E-state index in [2.05, 4.69) is 4.98 Å². The molecule has 0 fully saturated rings. The lowest BCUT2D eigenvalue weighted by Gasteiger charge is -2.12. The zero-order chi connectivity index (χ0) is 14.8. The zero-order valence-electron chi connectivity index (χ0n) is 11.4. The molecule has 0 amide bonds. The number of fused-ring (bicyclic) bond motifs is 1. The van der Waals surface area contributed by atoms with Crippen molar-refractivity contribution in [2.24, 2.45) is 0 Å². The molecule has 0 N–H and O–H groups in total. The second kappa shape index (κ2) is 5.70. The molecule has 0 saturated carbocycles. The number of ether oxygens (including phenoxy) is 1. The van der Waals surface area contributed by atoms with Gasteiger partial charge >= 0.3 is 0 Å². The van der Waals surface area contributed by atoms with Crippen LogP contribution in [0.5, 0.6) is 11.5 Å². The van der Waals surface area contributed by atoms with Gasteiger partial charge in [-0.2, -0.15) is 0 Å². The van der Waals surface area contributed by atoms with E-state index in [1.54, 1.807) is 6.07 Å². The number of nitrogens with zero attached hydrogens (tertiary/aromatic N) is 1. The summed E-state index contributed by atoms with van der Waals surface area (Å²) in [6.07, 6.45) is 0. The Balaban J connectivity index is 2.10. The van der Waals surface area contributed by atoms with Gasteiger partial charge in [-0.1, -0.05) is 12.1 Å². The van der Waals surface area contributed by atoms with Gasteiger partial charge in [0.1, 0.15) is 17.3 Å². The second-order valence-corrected chi connectivity index (χ2v) is 5.04. The third kappa shape index (κ3) is 2.83. The number of para-hydroxylation sites is 1. The van der Waals surface area contributed by atoms with E-state index in [0.29, 0.717) is 17.4 Å². The summed E-state index contributed by atoms with van der Waals surface area (Å²) in [5.74, 6) is 1.32. The lowest BCUT2D eigenvalue weighted by molar-refractivity contribution is 0.481. The molecule has 0 bridgehead atoms. The number of benzene rings is 2. The second-order valence-electron chi connectivity index (χ2n) is 4.77. The van der Waals surface area contributed by atoms with Crippen LogP contribution in [0.3, 0.4) is 0 Å². The molecular formula is C17H13ClFNO. The number of aromatic nitrogens is 1. The Hall–Kier alpha value is -2.13. The number of pyridine rings is 1. The van der Waals surface area contributed by atoms with Gasteiger partial charge in [-0.05, 0) is 42.8 Å². The summed E-state index contributed by atoms with van der Waals surface area (Å²) in [6.45, 7) is 1.81. The highest BCUT2D eigenvalue weighted by molar-refractivity contribution is 6.17. The molecule has 0 spiro atoms. The first-order valence-electron chi connectivity index (χ1n) is 6.56. The van der Waals surface area contributed by atoms with E-state index in [1.807, 2.05) is 37.3 Å². The van der Waals surface area contributed by atoms with Crippen molar-refractivity contribution in [2.45, 2.75) is 12.8 Å². The summed E-state index contributed by atoms with van der Waals surface area (Å²) in [4.78, 5) is 4.46. The minimum absolute atomic E-state index is 0.277. The Morgan fingerprint density at radius 2 is 1.90 bits per heavy atom. The van der Waals surface area contributed by atoms with Crippen LogP contribution in [0.1, 0.15) is 11.3 Å². The van der Waals surface area contributed by atoms with Crippen molar-refractivity contribution in [3.05, 3.63) is 65.6 Å². The van der Waals surface area contributed by atoms with Gasteiger partial charge in [-0.15, -0.1) is 11.6 Å². The first kappa shape index (κ1) is 13.8. The highest BCUT2D eigenvalue weighted by Gasteiger charge is 2.09. The molecule has 0 unspecified atom stereocenters. The van der Waals surface area contributed by atoms with E-state index in [9.17, 15) is 4.39 Å². The Morgan fingerprint density at radius 3 is 2.67 bits per heavy atom. The van der Waals surface area contributed by atoms with Crippen molar-refractivity contribution in [3.63, 3.8) is 0 Å². The Morgan fingerprint density at radius 1 is 1.10 bits per heavy atom. The number of halogens is 2. The summed E-state index contributed by atoms with van der Waals surface area (Å²) >= 11 is 5.89. The minimum Gasteiger partial charge on any atom is -0.456 e. The van der Waals surface area contributed by atoms with Crippen molar-refractivity contribution >= 4 is 22.5 Å². The Labute approximate surface area is 127 Å². The molecule has 0 aliphatic heterocycles. The quantitative estimate of drug-likeness (QED) is 0.619. The summed E-state index contributed by atoms with van der Waals surface area (Å²) in [7, 11) is 0. The van der Waals surface area contributed by atoms with Crippen molar-refractivity contribution in [3.8, 4) is 11.5 Å². The molecule has 1 heterocycles. The average Bonchev–Trinajstić information content (AvgIpc) is 2.49. The summed E-state index contributed by atoms with van der Waals surface area (Å²) in [6, 6.07) is 14.0. The number of alkyl halides is 1. The fourth-order valence-corrected chi connectivity index (χ4v) is 2.33. The van der Waals surface area contributed by atoms with Gasteiger partial charge in [-0.3, -0.25) is 4.98 Å². The molecule has 1 aromatic heterocycles. The fraction of sp³-hybridized carbons (Fsp3) is 0.118. The van der Waals surface area contributed by atoms with E-state index in [1.165, 1.54) is 12.1 Å². The van der Waals surface area contributed by atoms with Gasteiger partial charge in [-0.25, -0.2) is 4.39 Å². The fourth-order valence-electron chi connectivity index (χ4n) is 2.19. The number of rotatable bonds is 3. The molecule has 106 valence electrons. The Kier molecular flexibility index (Phi) is 3.76. The summed E-state index contributed by atoms with van der Waals surface area (Å²) in [5, 5.41) is 0.898. The predicted octanol–water partition coefficient (Wildman–Crippen LogP) is 5.21. The molecule has 0 radical (unpaired) electrons. The van der Waals surface area contributed by atoms with Crippen LogP contribution in [-0.4, -0.2) is 4.98 Å². The monoisotopic (exact) mass is 301 g/mol. The number of hydrogen-bond acceptors (Lipinski definition) is 2. The minimum atomic E-state index is -0.277. The molecule has 21 heavy (non-hydrogen) atoms. The molecular weight excluding hydrogens is 289 g/mol. The molecule has 2 nitrogen and oxygen atoms in total. The van der Waals surface area contributed by atoms with Crippen LogP contribution < -0.4 is 4.74 Å². The maximum absolute atomic E-state index is 13.2.